The van der Waals surface area contributed by atoms with Gasteiger partial charge in [0.1, 0.15) is 0 Å². The van der Waals surface area contributed by atoms with Crippen LogP contribution in [0.1, 0.15) is 26.2 Å². The van der Waals surface area contributed by atoms with E-state index in [0.717, 1.165) is 6.61 Å². The van der Waals surface area contributed by atoms with Crippen molar-refractivity contribution in [2.75, 3.05) is 6.61 Å². The summed E-state index contributed by atoms with van der Waals surface area (Å²) in [5, 5.41) is 1.48. The summed E-state index contributed by atoms with van der Waals surface area (Å²) in [5.74, 6) is 0. The molecule has 0 amide bonds. The van der Waals surface area contributed by atoms with E-state index in [1.54, 1.807) is 0 Å². The summed E-state index contributed by atoms with van der Waals surface area (Å²) in [6.45, 7) is 3.01. The Balaban J connectivity index is 1.92. The molecule has 1 nitrogen and oxygen atoms in total. The van der Waals surface area contributed by atoms with Crippen molar-refractivity contribution in [3.05, 3.63) is 42.5 Å². The van der Waals surface area contributed by atoms with Crippen LogP contribution in [0.3, 0.4) is 0 Å². The molecule has 1 aromatic carbocycles. The molecule has 0 aliphatic carbocycles. The van der Waals surface area contributed by atoms with Gasteiger partial charge in [-0.05, 0) is 23.7 Å². The summed E-state index contributed by atoms with van der Waals surface area (Å²) in [7, 11) is -1.53. The lowest BCUT2D eigenvalue weighted by Crippen LogP contribution is -2.56. The minimum atomic E-state index is -1.53. The van der Waals surface area contributed by atoms with Crippen LogP contribution < -0.4 is 5.19 Å². The molecule has 1 fully saturated rings. The fourth-order valence-electron chi connectivity index (χ4n) is 2.32. The third kappa shape index (κ3) is 3.08. The van der Waals surface area contributed by atoms with E-state index in [1.807, 2.05) is 0 Å². The molecule has 92 valence electrons. The molecule has 2 heteroatoms. The molecule has 1 saturated heterocycles. The van der Waals surface area contributed by atoms with Gasteiger partial charge in [-0.3, -0.25) is 0 Å². The number of hydrogen-bond acceptors (Lipinski definition) is 1. The second-order valence-electron chi connectivity index (χ2n) is 4.78. The first-order valence-electron chi connectivity index (χ1n) is 6.72. The van der Waals surface area contributed by atoms with E-state index in [-0.39, 0.29) is 0 Å². The van der Waals surface area contributed by atoms with Crippen LogP contribution in [-0.2, 0) is 4.43 Å². The van der Waals surface area contributed by atoms with E-state index < -0.39 is 8.32 Å². The highest BCUT2D eigenvalue weighted by atomic mass is 28.4. The number of benzene rings is 1. The number of rotatable bonds is 6. The smallest absolute Gasteiger partial charge is 0.224 e. The fourth-order valence-corrected chi connectivity index (χ4v) is 5.56. The number of hydrogen-bond donors (Lipinski definition) is 0. The highest BCUT2D eigenvalue weighted by molar-refractivity contribution is 6.88. The molecule has 1 aromatic rings. The zero-order valence-electron chi connectivity index (χ0n) is 10.7. The highest BCUT2D eigenvalue weighted by Gasteiger charge is 2.43. The minimum absolute atomic E-state index is 0.807. The summed E-state index contributed by atoms with van der Waals surface area (Å²) >= 11 is 0. The van der Waals surface area contributed by atoms with E-state index in [0.29, 0.717) is 0 Å². The van der Waals surface area contributed by atoms with Gasteiger partial charge in [-0.25, -0.2) is 0 Å². The third-order valence-corrected chi connectivity index (χ3v) is 7.97. The maximum atomic E-state index is 6.25. The Kier molecular flexibility index (Phi) is 4.57. The summed E-state index contributed by atoms with van der Waals surface area (Å²) in [6.07, 6.45) is 8.17. The maximum absolute atomic E-state index is 6.25. The number of unbranched alkanes of at least 4 members (excludes halogenated alkanes) is 1. The largest absolute Gasteiger partial charge is 0.409 e. The Bertz CT molecular complexity index is 354. The molecule has 0 unspecified atom stereocenters. The first-order valence-corrected chi connectivity index (χ1v) is 9.04. The fraction of sp³-hybridized carbons (Fsp3) is 0.467. The molecule has 2 rings (SSSR count). The first kappa shape index (κ1) is 12.6. The van der Waals surface area contributed by atoms with Gasteiger partial charge in [0, 0.05) is 0 Å². The average Bonchev–Trinajstić information content (AvgIpc) is 2.33. The van der Waals surface area contributed by atoms with Gasteiger partial charge in [-0.15, -0.1) is 0 Å². The van der Waals surface area contributed by atoms with Crippen LogP contribution in [0.5, 0.6) is 0 Å². The monoisotopic (exact) mass is 246 g/mol. The van der Waals surface area contributed by atoms with Crippen molar-refractivity contribution in [1.82, 2.24) is 0 Å². The quantitative estimate of drug-likeness (QED) is 0.550. The molecule has 1 aliphatic rings. The van der Waals surface area contributed by atoms with Crippen LogP contribution in [0.25, 0.3) is 0 Å². The third-order valence-electron chi connectivity index (χ3n) is 3.54. The minimum Gasteiger partial charge on any atom is -0.409 e. The van der Waals surface area contributed by atoms with E-state index in [9.17, 15) is 0 Å². The van der Waals surface area contributed by atoms with Gasteiger partial charge in [-0.2, -0.15) is 0 Å². The SMILES string of the molecule is CCC/C=C\CO[Si]1(c2ccccc2)CCC1. The predicted molar refractivity (Wildman–Crippen MR) is 76.1 cm³/mol. The summed E-state index contributed by atoms with van der Waals surface area (Å²) in [6, 6.07) is 13.5. The standard InChI is InChI=1S/C15H22OSi/c1-2-3-4-8-12-16-17(13-9-14-17)15-10-6-5-7-11-15/h4-8,10-11H,2-3,9,12-14H2,1H3/b8-4-. The van der Waals surface area contributed by atoms with Crippen molar-refractivity contribution < 1.29 is 4.43 Å². The Morgan fingerprint density at radius 1 is 1.18 bits per heavy atom. The normalized spacial score (nSPS) is 18.2. The molecule has 0 spiro atoms. The van der Waals surface area contributed by atoms with Crippen LogP contribution in [0.2, 0.25) is 12.1 Å². The topological polar surface area (TPSA) is 9.23 Å². The van der Waals surface area contributed by atoms with Crippen molar-refractivity contribution in [3.63, 3.8) is 0 Å². The van der Waals surface area contributed by atoms with Crippen LogP contribution in [0, 0.1) is 0 Å². The van der Waals surface area contributed by atoms with Gasteiger partial charge in [-0.1, -0.05) is 62.2 Å². The van der Waals surface area contributed by atoms with Crippen molar-refractivity contribution in [3.8, 4) is 0 Å². The molecule has 0 saturated carbocycles. The second-order valence-corrected chi connectivity index (χ2v) is 8.64. The average molecular weight is 246 g/mol. The molecule has 0 radical (unpaired) electrons. The highest BCUT2D eigenvalue weighted by Crippen LogP contribution is 2.32. The molecule has 0 N–H and O–H groups in total. The zero-order valence-corrected chi connectivity index (χ0v) is 11.7. The molecule has 1 heterocycles. The molecule has 0 bridgehead atoms. The van der Waals surface area contributed by atoms with Gasteiger partial charge >= 0.3 is 0 Å². The molecule has 0 aromatic heterocycles. The lowest BCUT2D eigenvalue weighted by molar-refractivity contribution is 0.336. The van der Waals surface area contributed by atoms with Crippen LogP contribution >= 0.6 is 0 Å². The Morgan fingerprint density at radius 3 is 2.53 bits per heavy atom. The lowest BCUT2D eigenvalue weighted by Gasteiger charge is -2.39. The van der Waals surface area contributed by atoms with Gasteiger partial charge < -0.3 is 4.43 Å². The van der Waals surface area contributed by atoms with Crippen LogP contribution in [0.4, 0.5) is 0 Å². The molecular weight excluding hydrogens is 224 g/mol. The predicted octanol–water partition coefficient (Wildman–Crippen LogP) is 3.62. The molecule has 17 heavy (non-hydrogen) atoms. The lowest BCUT2D eigenvalue weighted by atomic mass is 10.3. The maximum Gasteiger partial charge on any atom is 0.224 e. The molecular formula is C15H22OSi. The van der Waals surface area contributed by atoms with E-state index in [4.69, 9.17) is 4.43 Å². The Hall–Kier alpha value is -0.863. The number of allylic oxidation sites excluding steroid dienone is 1. The Labute approximate surface area is 106 Å². The van der Waals surface area contributed by atoms with Crippen molar-refractivity contribution in [1.29, 1.82) is 0 Å². The first-order chi connectivity index (χ1) is 8.37. The van der Waals surface area contributed by atoms with Gasteiger partial charge in [0.15, 0.2) is 0 Å². The Morgan fingerprint density at radius 2 is 1.94 bits per heavy atom. The van der Waals surface area contributed by atoms with E-state index >= 15 is 0 Å². The molecule has 0 atom stereocenters. The summed E-state index contributed by atoms with van der Waals surface area (Å²) in [4.78, 5) is 0. The van der Waals surface area contributed by atoms with Gasteiger partial charge in [0.05, 0.1) is 6.61 Å². The zero-order chi connectivity index (χ0) is 12.0. The molecule has 1 aliphatic heterocycles. The van der Waals surface area contributed by atoms with E-state index in [2.05, 4.69) is 49.4 Å². The van der Waals surface area contributed by atoms with Crippen LogP contribution in [-0.4, -0.2) is 14.9 Å². The van der Waals surface area contributed by atoms with E-state index in [1.165, 1.54) is 36.5 Å². The van der Waals surface area contributed by atoms with Crippen molar-refractivity contribution >= 4 is 13.5 Å². The van der Waals surface area contributed by atoms with Crippen molar-refractivity contribution in [2.24, 2.45) is 0 Å². The summed E-state index contributed by atoms with van der Waals surface area (Å²) in [5.41, 5.74) is 0. The summed E-state index contributed by atoms with van der Waals surface area (Å²) < 4.78 is 6.25. The second kappa shape index (κ2) is 6.17. The van der Waals surface area contributed by atoms with Gasteiger partial charge in [0.25, 0.3) is 0 Å². The van der Waals surface area contributed by atoms with Gasteiger partial charge in [0.2, 0.25) is 8.32 Å². The van der Waals surface area contributed by atoms with Crippen molar-refractivity contribution in [2.45, 2.75) is 38.3 Å². The van der Waals surface area contributed by atoms with Crippen LogP contribution in [0.15, 0.2) is 42.5 Å².